The van der Waals surface area contributed by atoms with E-state index in [2.05, 4.69) is 15.9 Å². The third-order valence-corrected chi connectivity index (χ3v) is 3.83. The van der Waals surface area contributed by atoms with Crippen molar-refractivity contribution >= 4 is 21.9 Å². The molecular weight excluding hydrogens is 324 g/mol. The van der Waals surface area contributed by atoms with Crippen LogP contribution >= 0.6 is 15.9 Å². The van der Waals surface area contributed by atoms with E-state index in [1.165, 1.54) is 0 Å². The third-order valence-electron chi connectivity index (χ3n) is 3.37. The van der Waals surface area contributed by atoms with E-state index < -0.39 is 11.4 Å². The van der Waals surface area contributed by atoms with Crippen molar-refractivity contribution in [3.8, 4) is 11.5 Å². The maximum Gasteiger partial charge on any atom is 0.304 e. The Balaban J connectivity index is 2.47. The van der Waals surface area contributed by atoms with E-state index in [0.717, 1.165) is 22.9 Å². The van der Waals surface area contributed by atoms with Gasteiger partial charge >= 0.3 is 5.97 Å². The second-order valence-corrected chi connectivity index (χ2v) is 6.67. The minimum Gasteiger partial charge on any atom is -0.493 e. The highest BCUT2D eigenvalue weighted by atomic mass is 79.9. The highest BCUT2D eigenvalue weighted by molar-refractivity contribution is 9.10. The monoisotopic (exact) mass is 342 g/mol. The molecule has 5 heteroatoms. The molecule has 1 fully saturated rings. The van der Waals surface area contributed by atoms with Gasteiger partial charge < -0.3 is 14.6 Å². The number of ether oxygens (including phenoxy) is 2. The first kappa shape index (κ1) is 15.2. The number of halogens is 1. The fourth-order valence-electron chi connectivity index (χ4n) is 2.17. The van der Waals surface area contributed by atoms with Crippen molar-refractivity contribution < 1.29 is 19.4 Å². The van der Waals surface area contributed by atoms with Crippen LogP contribution in [0.4, 0.5) is 0 Å². The molecule has 0 heterocycles. The predicted octanol–water partition coefficient (Wildman–Crippen LogP) is 3.75. The average Bonchev–Trinajstić information content (AvgIpc) is 3.13. The van der Waals surface area contributed by atoms with Crippen molar-refractivity contribution in [2.45, 2.75) is 44.6 Å². The summed E-state index contributed by atoms with van der Waals surface area (Å²) in [5, 5.41) is 9.11. The van der Waals surface area contributed by atoms with Gasteiger partial charge in [0.25, 0.3) is 0 Å². The summed E-state index contributed by atoms with van der Waals surface area (Å²) in [5.74, 6) is 0.482. The largest absolute Gasteiger partial charge is 0.493 e. The van der Waals surface area contributed by atoms with Gasteiger partial charge in [0.15, 0.2) is 11.5 Å². The van der Waals surface area contributed by atoms with E-state index in [9.17, 15) is 4.79 Å². The van der Waals surface area contributed by atoms with Crippen LogP contribution in [0.25, 0.3) is 0 Å². The molecule has 1 aliphatic carbocycles. The second kappa shape index (κ2) is 5.64. The van der Waals surface area contributed by atoms with Crippen LogP contribution in [-0.4, -0.2) is 24.3 Å². The molecule has 0 amide bonds. The van der Waals surface area contributed by atoms with Crippen LogP contribution in [-0.2, 0) is 10.2 Å². The van der Waals surface area contributed by atoms with Crippen LogP contribution in [0.1, 0.15) is 38.7 Å². The van der Waals surface area contributed by atoms with E-state index in [-0.39, 0.29) is 12.5 Å². The molecule has 1 N–H and O–H groups in total. The van der Waals surface area contributed by atoms with Gasteiger partial charge in [-0.15, -0.1) is 0 Å². The number of hydrogen-bond acceptors (Lipinski definition) is 3. The van der Waals surface area contributed by atoms with Gasteiger partial charge in [0.2, 0.25) is 0 Å². The molecule has 1 aromatic carbocycles. The Hall–Kier alpha value is -1.23. The Kier molecular flexibility index (Phi) is 4.28. The van der Waals surface area contributed by atoms with Crippen molar-refractivity contribution in [1.29, 1.82) is 0 Å². The van der Waals surface area contributed by atoms with Crippen LogP contribution in [0.5, 0.6) is 11.5 Å². The molecule has 0 aromatic heterocycles. The Morgan fingerprint density at radius 1 is 1.45 bits per heavy atom. The third kappa shape index (κ3) is 3.45. The van der Waals surface area contributed by atoms with Crippen molar-refractivity contribution in [3.05, 3.63) is 22.2 Å². The molecular formula is C15H19BrO4. The van der Waals surface area contributed by atoms with E-state index >= 15 is 0 Å². The number of carboxylic acid groups (broad SMARTS) is 1. The molecule has 0 saturated heterocycles. The summed E-state index contributed by atoms with van der Waals surface area (Å²) in [7, 11) is 1.59. The number of benzene rings is 1. The van der Waals surface area contributed by atoms with Crippen molar-refractivity contribution in [1.82, 2.24) is 0 Å². The van der Waals surface area contributed by atoms with Crippen LogP contribution in [0.2, 0.25) is 0 Å². The number of carboxylic acids is 1. The molecule has 0 spiro atoms. The Morgan fingerprint density at radius 3 is 2.60 bits per heavy atom. The Bertz CT molecular complexity index is 521. The lowest BCUT2D eigenvalue weighted by atomic mass is 9.81. The number of aliphatic carboxylic acids is 1. The second-order valence-electron chi connectivity index (χ2n) is 5.76. The highest BCUT2D eigenvalue weighted by Gasteiger charge is 2.33. The molecule has 0 unspecified atom stereocenters. The first-order valence-electron chi connectivity index (χ1n) is 6.60. The van der Waals surface area contributed by atoms with Crippen LogP contribution in [0.15, 0.2) is 16.6 Å². The van der Waals surface area contributed by atoms with Gasteiger partial charge in [-0.25, -0.2) is 0 Å². The van der Waals surface area contributed by atoms with E-state index in [1.807, 2.05) is 26.0 Å². The maximum absolute atomic E-state index is 11.1. The number of rotatable bonds is 6. The fourth-order valence-corrected chi connectivity index (χ4v) is 2.61. The predicted molar refractivity (Wildman–Crippen MR) is 79.6 cm³/mol. The lowest BCUT2D eigenvalue weighted by Crippen LogP contribution is -2.23. The van der Waals surface area contributed by atoms with Crippen LogP contribution in [0, 0.1) is 0 Å². The molecule has 0 atom stereocenters. The molecule has 110 valence electrons. The lowest BCUT2D eigenvalue weighted by Gasteiger charge is -2.27. The number of carbonyl (C=O) groups is 1. The molecule has 0 radical (unpaired) electrons. The summed E-state index contributed by atoms with van der Waals surface area (Å²) in [6.07, 6.45) is 2.34. The number of hydrogen-bond donors (Lipinski definition) is 1. The molecule has 0 aliphatic heterocycles. The summed E-state index contributed by atoms with van der Waals surface area (Å²) in [6.45, 7) is 3.81. The zero-order valence-electron chi connectivity index (χ0n) is 11.9. The number of methoxy groups -OCH3 is 1. The van der Waals surface area contributed by atoms with Gasteiger partial charge in [-0.05, 0) is 25.0 Å². The normalized spacial score (nSPS) is 15.0. The highest BCUT2D eigenvalue weighted by Crippen LogP contribution is 2.44. The summed E-state index contributed by atoms with van der Waals surface area (Å²) in [4.78, 5) is 11.1. The molecule has 2 rings (SSSR count). The standard InChI is InChI=1S/C15H19BrO4/c1-15(2,8-13(17)18)11-6-9(16)7-12(19-3)14(11)20-10-4-5-10/h6-7,10H,4-5,8H2,1-3H3,(H,17,18). The molecule has 4 nitrogen and oxygen atoms in total. The van der Waals surface area contributed by atoms with Gasteiger partial charge in [-0.2, -0.15) is 0 Å². The summed E-state index contributed by atoms with van der Waals surface area (Å²) < 4.78 is 12.2. The molecule has 1 aliphatic rings. The molecule has 0 bridgehead atoms. The molecule has 20 heavy (non-hydrogen) atoms. The van der Waals surface area contributed by atoms with Gasteiger partial charge in [0, 0.05) is 15.5 Å². The van der Waals surface area contributed by atoms with Crippen LogP contribution in [0.3, 0.4) is 0 Å². The van der Waals surface area contributed by atoms with Gasteiger partial charge in [0.05, 0.1) is 19.6 Å². The van der Waals surface area contributed by atoms with E-state index in [1.54, 1.807) is 7.11 Å². The van der Waals surface area contributed by atoms with Gasteiger partial charge in [0.1, 0.15) is 0 Å². The van der Waals surface area contributed by atoms with Gasteiger partial charge in [-0.3, -0.25) is 4.79 Å². The van der Waals surface area contributed by atoms with Crippen LogP contribution < -0.4 is 9.47 Å². The average molecular weight is 343 g/mol. The first-order chi connectivity index (χ1) is 9.33. The van der Waals surface area contributed by atoms with E-state index in [0.29, 0.717) is 11.5 Å². The summed E-state index contributed by atoms with van der Waals surface area (Å²) >= 11 is 3.45. The summed E-state index contributed by atoms with van der Waals surface area (Å²) in [6, 6.07) is 3.77. The van der Waals surface area contributed by atoms with Gasteiger partial charge in [-0.1, -0.05) is 29.8 Å². The quantitative estimate of drug-likeness (QED) is 0.855. The minimum absolute atomic E-state index is 0.0354. The lowest BCUT2D eigenvalue weighted by molar-refractivity contribution is -0.138. The smallest absolute Gasteiger partial charge is 0.304 e. The molecule has 1 saturated carbocycles. The molecule has 1 aromatic rings. The SMILES string of the molecule is COc1cc(Br)cc(C(C)(C)CC(=O)O)c1OC1CC1. The minimum atomic E-state index is -0.827. The Labute approximate surface area is 127 Å². The first-order valence-corrected chi connectivity index (χ1v) is 7.39. The van der Waals surface area contributed by atoms with E-state index in [4.69, 9.17) is 14.6 Å². The zero-order chi connectivity index (χ0) is 14.9. The van der Waals surface area contributed by atoms with Crippen molar-refractivity contribution in [2.24, 2.45) is 0 Å². The maximum atomic E-state index is 11.1. The van der Waals surface area contributed by atoms with Crippen molar-refractivity contribution in [2.75, 3.05) is 7.11 Å². The Morgan fingerprint density at radius 2 is 2.10 bits per heavy atom. The summed E-state index contributed by atoms with van der Waals surface area (Å²) in [5.41, 5.74) is 0.325. The fraction of sp³-hybridized carbons (Fsp3) is 0.533. The zero-order valence-corrected chi connectivity index (χ0v) is 13.5. The van der Waals surface area contributed by atoms with Crippen molar-refractivity contribution in [3.63, 3.8) is 0 Å². The topological polar surface area (TPSA) is 55.8 Å².